The standard InChI is InChI=1S/C17H22BNO2/c1-4-14(21)13-7-8-15(17(3,18)11-13)16(2,12-19)9-5-6-10-20/h8,13,20H,4,7,9-11H2,1-3H3. The highest BCUT2D eigenvalue weighted by Gasteiger charge is 2.41. The van der Waals surface area contributed by atoms with Gasteiger partial charge < -0.3 is 5.11 Å². The van der Waals surface area contributed by atoms with Crippen molar-refractivity contribution in [2.45, 2.75) is 51.8 Å². The largest absolute Gasteiger partial charge is 0.384 e. The Kier molecular flexibility index (Phi) is 5.82. The maximum absolute atomic E-state index is 11.9. The van der Waals surface area contributed by atoms with E-state index in [1.807, 2.05) is 26.8 Å². The van der Waals surface area contributed by atoms with Gasteiger partial charge in [-0.2, -0.15) is 5.26 Å². The molecule has 1 rings (SSSR count). The van der Waals surface area contributed by atoms with Crippen LogP contribution in [0.4, 0.5) is 0 Å². The third-order valence-electron chi connectivity index (χ3n) is 4.18. The minimum absolute atomic E-state index is 0.0554. The van der Waals surface area contributed by atoms with Crippen molar-refractivity contribution in [3.05, 3.63) is 11.6 Å². The molecule has 0 saturated carbocycles. The maximum Gasteiger partial charge on any atom is 0.136 e. The van der Waals surface area contributed by atoms with Crippen LogP contribution in [0.25, 0.3) is 0 Å². The monoisotopic (exact) mass is 283 g/mol. The van der Waals surface area contributed by atoms with Gasteiger partial charge in [0, 0.05) is 18.8 Å². The second-order valence-electron chi connectivity index (χ2n) is 6.12. The number of carbonyl (C=O) groups excluding carboxylic acids is 1. The van der Waals surface area contributed by atoms with Crippen LogP contribution in [-0.4, -0.2) is 25.3 Å². The predicted octanol–water partition coefficient (Wildman–Crippen LogP) is 2.56. The molecule has 0 aromatic rings. The summed E-state index contributed by atoms with van der Waals surface area (Å²) in [6.07, 6.45) is 4.00. The molecule has 4 heteroatoms. The first-order valence-electron chi connectivity index (χ1n) is 7.31. The van der Waals surface area contributed by atoms with E-state index in [0.29, 0.717) is 25.7 Å². The predicted molar refractivity (Wildman–Crippen MR) is 83.4 cm³/mol. The lowest BCUT2D eigenvalue weighted by atomic mass is 9.52. The van der Waals surface area contributed by atoms with Gasteiger partial charge in [0.05, 0.1) is 19.3 Å². The van der Waals surface area contributed by atoms with Crippen LogP contribution < -0.4 is 0 Å². The minimum atomic E-state index is -0.786. The molecule has 0 amide bonds. The van der Waals surface area contributed by atoms with Gasteiger partial charge in [-0.3, -0.25) is 4.79 Å². The number of hydrogen-bond donors (Lipinski definition) is 1. The Bertz CT molecular complexity index is 533. The van der Waals surface area contributed by atoms with E-state index in [-0.39, 0.29) is 18.3 Å². The van der Waals surface area contributed by atoms with E-state index in [2.05, 4.69) is 17.9 Å². The van der Waals surface area contributed by atoms with E-state index >= 15 is 0 Å². The lowest BCUT2D eigenvalue weighted by molar-refractivity contribution is -0.123. The van der Waals surface area contributed by atoms with Gasteiger partial charge in [0.15, 0.2) is 0 Å². The molecule has 0 saturated heterocycles. The highest BCUT2D eigenvalue weighted by molar-refractivity contribution is 6.17. The first-order valence-corrected chi connectivity index (χ1v) is 7.31. The smallest absolute Gasteiger partial charge is 0.136 e. The zero-order chi connectivity index (χ0) is 16.1. The summed E-state index contributed by atoms with van der Waals surface area (Å²) in [5.74, 6) is 5.56. The van der Waals surface area contributed by atoms with Crippen LogP contribution in [0.1, 0.15) is 46.5 Å². The Labute approximate surface area is 128 Å². The van der Waals surface area contributed by atoms with Crippen molar-refractivity contribution in [1.29, 1.82) is 5.26 Å². The number of allylic oxidation sites excluding steroid dienone is 2. The molecule has 0 fully saturated rings. The Balaban J connectivity index is 3.07. The molecule has 21 heavy (non-hydrogen) atoms. The van der Waals surface area contributed by atoms with Crippen molar-refractivity contribution in [3.8, 4) is 17.9 Å². The molecule has 1 N–H and O–H groups in total. The molecule has 0 spiro atoms. The van der Waals surface area contributed by atoms with Crippen LogP contribution in [0.3, 0.4) is 0 Å². The number of rotatable bonds is 4. The average molecular weight is 283 g/mol. The second-order valence-corrected chi connectivity index (χ2v) is 6.12. The normalized spacial score (nSPS) is 27.6. The van der Waals surface area contributed by atoms with E-state index in [1.165, 1.54) is 0 Å². The summed E-state index contributed by atoms with van der Waals surface area (Å²) < 4.78 is 0. The van der Waals surface area contributed by atoms with Crippen molar-refractivity contribution in [2.75, 3.05) is 6.61 Å². The van der Waals surface area contributed by atoms with E-state index in [0.717, 1.165) is 5.57 Å². The molecule has 0 aliphatic heterocycles. The van der Waals surface area contributed by atoms with Gasteiger partial charge in [-0.15, -0.1) is 0 Å². The van der Waals surface area contributed by atoms with E-state index in [9.17, 15) is 10.1 Å². The Morgan fingerprint density at radius 1 is 1.62 bits per heavy atom. The molecule has 0 bridgehead atoms. The van der Waals surface area contributed by atoms with Crippen LogP contribution in [0.15, 0.2) is 11.6 Å². The summed E-state index contributed by atoms with van der Waals surface area (Å²) >= 11 is 0. The van der Waals surface area contributed by atoms with Crippen LogP contribution in [0, 0.1) is 34.5 Å². The van der Waals surface area contributed by atoms with Gasteiger partial charge >= 0.3 is 0 Å². The van der Waals surface area contributed by atoms with Crippen LogP contribution in [0.5, 0.6) is 0 Å². The summed E-state index contributed by atoms with van der Waals surface area (Å²) in [6.45, 7) is 5.34. The molecule has 0 aromatic carbocycles. The van der Waals surface area contributed by atoms with E-state index in [4.69, 9.17) is 13.0 Å². The number of ketones is 1. The Morgan fingerprint density at radius 2 is 2.29 bits per heavy atom. The minimum Gasteiger partial charge on any atom is -0.384 e. The van der Waals surface area contributed by atoms with Gasteiger partial charge in [0.2, 0.25) is 0 Å². The molecule has 110 valence electrons. The second kappa shape index (κ2) is 6.96. The van der Waals surface area contributed by atoms with Gasteiger partial charge in [0.1, 0.15) is 12.4 Å². The fourth-order valence-corrected chi connectivity index (χ4v) is 3.08. The van der Waals surface area contributed by atoms with Gasteiger partial charge in [-0.1, -0.05) is 37.3 Å². The van der Waals surface area contributed by atoms with Crippen LogP contribution in [0.2, 0.25) is 5.31 Å². The number of aliphatic hydroxyl groups is 1. The fraction of sp³-hybridized carbons (Fsp3) is 0.647. The summed E-state index contributed by atoms with van der Waals surface area (Å²) in [6, 6.07) is 2.30. The molecular formula is C17H22BNO2. The lowest BCUT2D eigenvalue weighted by Crippen LogP contribution is -2.33. The number of carbonyl (C=O) groups is 1. The molecule has 0 aromatic heterocycles. The van der Waals surface area contributed by atoms with Crippen LogP contribution in [-0.2, 0) is 4.79 Å². The number of nitrogens with zero attached hydrogens (tertiary/aromatic N) is 1. The summed E-state index contributed by atoms with van der Waals surface area (Å²) in [5, 5.41) is 17.6. The quantitative estimate of drug-likeness (QED) is 0.490. The van der Waals surface area contributed by atoms with Gasteiger partial charge in [0.25, 0.3) is 0 Å². The van der Waals surface area contributed by atoms with Crippen LogP contribution >= 0.6 is 0 Å². The van der Waals surface area contributed by atoms with Gasteiger partial charge in [-0.05, 0) is 25.1 Å². The zero-order valence-corrected chi connectivity index (χ0v) is 13.1. The fourth-order valence-electron chi connectivity index (χ4n) is 3.08. The zero-order valence-electron chi connectivity index (χ0n) is 13.1. The summed E-state index contributed by atoms with van der Waals surface area (Å²) in [7, 11) is 6.40. The van der Waals surface area contributed by atoms with Crippen molar-refractivity contribution in [3.63, 3.8) is 0 Å². The van der Waals surface area contributed by atoms with Crippen molar-refractivity contribution in [1.82, 2.24) is 0 Å². The highest BCUT2D eigenvalue weighted by atomic mass is 16.2. The molecule has 0 heterocycles. The molecule has 1 aliphatic rings. The third kappa shape index (κ3) is 3.99. The Hall–Kier alpha value is -1.52. The number of Topliss-reactive ketones (excluding diaryl/α,β-unsaturated/α-hetero) is 1. The number of nitriles is 1. The highest BCUT2D eigenvalue weighted by Crippen LogP contribution is 2.52. The molecule has 2 radical (unpaired) electrons. The van der Waals surface area contributed by atoms with E-state index < -0.39 is 10.7 Å². The first-order chi connectivity index (χ1) is 9.80. The van der Waals surface area contributed by atoms with Crippen molar-refractivity contribution in [2.24, 2.45) is 11.3 Å². The average Bonchev–Trinajstić information content (AvgIpc) is 2.45. The molecule has 3 unspecified atom stereocenters. The topological polar surface area (TPSA) is 61.1 Å². The molecule has 3 nitrogen and oxygen atoms in total. The summed E-state index contributed by atoms with van der Waals surface area (Å²) in [5.41, 5.74) is 0.0659. The van der Waals surface area contributed by atoms with Crippen molar-refractivity contribution >= 4 is 13.6 Å². The molecule has 3 atom stereocenters. The van der Waals surface area contributed by atoms with Gasteiger partial charge in [-0.25, -0.2) is 0 Å². The molecular weight excluding hydrogens is 261 g/mol. The Morgan fingerprint density at radius 3 is 2.76 bits per heavy atom. The third-order valence-corrected chi connectivity index (χ3v) is 4.18. The van der Waals surface area contributed by atoms with E-state index in [1.54, 1.807) is 0 Å². The SMILES string of the molecule is [B]C1(C)CC(C(=O)CC)CC=C1C(C)(C#N)CC#CCO. The first kappa shape index (κ1) is 17.5. The number of hydrogen-bond acceptors (Lipinski definition) is 3. The lowest BCUT2D eigenvalue weighted by Gasteiger charge is -2.42. The van der Waals surface area contributed by atoms with Crippen molar-refractivity contribution < 1.29 is 9.90 Å². The molecule has 1 aliphatic carbocycles. The maximum atomic E-state index is 11.9. The summed E-state index contributed by atoms with van der Waals surface area (Å²) in [4.78, 5) is 11.9. The number of aliphatic hydroxyl groups excluding tert-OH is 1.